The number of carbonyl (C=O) groups is 2. The van der Waals surface area contributed by atoms with Gasteiger partial charge in [-0.25, -0.2) is 9.13 Å². The van der Waals surface area contributed by atoms with Gasteiger partial charge in [0.2, 0.25) is 0 Å². The van der Waals surface area contributed by atoms with Crippen LogP contribution >= 0.6 is 15.6 Å². The van der Waals surface area contributed by atoms with E-state index in [1.165, 1.54) is 70.6 Å². The normalized spacial score (nSPS) is 14.5. The summed E-state index contributed by atoms with van der Waals surface area (Å²) >= 11 is 0. The summed E-state index contributed by atoms with van der Waals surface area (Å²) in [5, 5.41) is 9.70. The van der Waals surface area contributed by atoms with E-state index in [4.69, 9.17) is 23.8 Å². The molecular weight excluding hydrogens is 690 g/mol. The number of rotatable bonds is 35. The molecule has 0 heterocycles. The van der Waals surface area contributed by atoms with Gasteiger partial charge < -0.3 is 29.3 Å². The summed E-state index contributed by atoms with van der Waals surface area (Å²) in [6.07, 6.45) is 18.6. The molecule has 4 N–H and O–H groups in total. The van der Waals surface area contributed by atoms with Gasteiger partial charge in [0.25, 0.3) is 0 Å². The van der Waals surface area contributed by atoms with Gasteiger partial charge in [0.05, 0.1) is 19.8 Å². The summed E-state index contributed by atoms with van der Waals surface area (Å²) in [6, 6.07) is 0. The molecule has 0 saturated carbocycles. The van der Waals surface area contributed by atoms with Crippen molar-refractivity contribution in [1.29, 1.82) is 0 Å². The summed E-state index contributed by atoms with van der Waals surface area (Å²) in [5.74, 6) is 0.473. The molecule has 0 aliphatic heterocycles. The van der Waals surface area contributed by atoms with E-state index in [-0.39, 0.29) is 19.4 Å². The summed E-state index contributed by atoms with van der Waals surface area (Å²) < 4.78 is 47.5. The van der Waals surface area contributed by atoms with Gasteiger partial charge in [0, 0.05) is 12.8 Å². The van der Waals surface area contributed by atoms with Crippen LogP contribution in [0.5, 0.6) is 0 Å². The number of unbranched alkanes of at least 4 members (excludes halogenated alkanes) is 15. The van der Waals surface area contributed by atoms with Gasteiger partial charge >= 0.3 is 27.6 Å². The van der Waals surface area contributed by atoms with Crippen LogP contribution in [0.25, 0.3) is 0 Å². The second-order valence-corrected chi connectivity index (χ2v) is 16.9. The number of aliphatic hydroxyl groups is 1. The van der Waals surface area contributed by atoms with Gasteiger partial charge in [0.15, 0.2) is 6.10 Å². The second-order valence-electron chi connectivity index (χ2n) is 14.2. The smallest absolute Gasteiger partial charge is 0.462 e. The number of aliphatic hydroxyl groups excluding tert-OH is 1. The molecule has 0 aliphatic carbocycles. The Kier molecular flexibility index (Phi) is 30.0. The Bertz CT molecular complexity index is 942. The van der Waals surface area contributed by atoms with Gasteiger partial charge in [0.1, 0.15) is 12.7 Å². The first-order chi connectivity index (χ1) is 23.6. The molecule has 0 aromatic carbocycles. The first-order valence-electron chi connectivity index (χ1n) is 18.9. The summed E-state index contributed by atoms with van der Waals surface area (Å²) in [6.45, 7) is 6.29. The van der Waals surface area contributed by atoms with Crippen molar-refractivity contribution < 1.29 is 61.6 Å². The molecule has 13 nitrogen and oxygen atoms in total. The first kappa shape index (κ1) is 49.1. The van der Waals surface area contributed by atoms with Crippen molar-refractivity contribution in [3.05, 3.63) is 0 Å². The maximum atomic E-state index is 12.6. The topological polar surface area (TPSA) is 195 Å². The van der Waals surface area contributed by atoms with Gasteiger partial charge in [-0.2, -0.15) is 0 Å². The van der Waals surface area contributed by atoms with Crippen molar-refractivity contribution in [2.24, 2.45) is 11.8 Å². The van der Waals surface area contributed by atoms with E-state index in [1.54, 1.807) is 0 Å². The van der Waals surface area contributed by atoms with Gasteiger partial charge in [-0.1, -0.05) is 137 Å². The van der Waals surface area contributed by atoms with Crippen molar-refractivity contribution in [3.8, 4) is 0 Å². The third-order valence-corrected chi connectivity index (χ3v) is 9.53. The Hall–Kier alpha value is -0.880. The molecule has 298 valence electrons. The van der Waals surface area contributed by atoms with Crippen molar-refractivity contribution in [3.63, 3.8) is 0 Å². The molecule has 0 saturated heterocycles. The van der Waals surface area contributed by atoms with E-state index in [9.17, 15) is 28.7 Å². The monoisotopic (exact) mass is 760 g/mol. The highest BCUT2D eigenvalue weighted by molar-refractivity contribution is 7.47. The number of hydrogen-bond donors (Lipinski definition) is 4. The molecular formula is C35H70O13P2. The third kappa shape index (κ3) is 35.5. The molecule has 0 aromatic heterocycles. The maximum absolute atomic E-state index is 12.6. The number of carbonyl (C=O) groups excluding carboxylic acids is 2. The first-order valence-corrected chi connectivity index (χ1v) is 22.0. The zero-order valence-corrected chi connectivity index (χ0v) is 33.1. The fourth-order valence-corrected chi connectivity index (χ4v) is 6.34. The number of ether oxygens (including phenoxy) is 2. The van der Waals surface area contributed by atoms with Gasteiger partial charge in [-0.3, -0.25) is 23.2 Å². The molecule has 3 atom stereocenters. The fraction of sp³-hybridized carbons (Fsp3) is 0.943. The number of esters is 2. The molecule has 0 aliphatic rings. The van der Waals surface area contributed by atoms with Crippen LogP contribution in [0.2, 0.25) is 0 Å². The lowest BCUT2D eigenvalue weighted by Crippen LogP contribution is -2.30. The van der Waals surface area contributed by atoms with Crippen LogP contribution in [-0.4, -0.2) is 70.4 Å². The standard InChI is InChI=1S/C35H70O13P2/c1-30(2)22-18-14-10-6-5-7-13-17-21-25-35(38)48-33(29-47-50(42,43)46-27-32(36)26-45-49(39,40)41)28-44-34(37)24-20-16-12-9-8-11-15-19-23-31(3)4/h30-33,36H,5-29H2,1-4H3,(H,42,43)(H2,39,40,41)/t32-,33+/m0/s1. The minimum Gasteiger partial charge on any atom is -0.462 e. The molecule has 0 rings (SSSR count). The molecule has 0 radical (unpaired) electrons. The quantitative estimate of drug-likeness (QED) is 0.0273. The number of phosphoric ester groups is 2. The maximum Gasteiger partial charge on any atom is 0.472 e. The summed E-state index contributed by atoms with van der Waals surface area (Å²) in [5.41, 5.74) is 0. The van der Waals surface area contributed by atoms with Gasteiger partial charge in [-0.15, -0.1) is 0 Å². The molecule has 0 bridgehead atoms. The van der Waals surface area contributed by atoms with E-state index >= 15 is 0 Å². The van der Waals surface area contributed by atoms with Crippen LogP contribution in [-0.2, 0) is 41.8 Å². The average molecular weight is 761 g/mol. The van der Waals surface area contributed by atoms with Crippen LogP contribution < -0.4 is 0 Å². The Balaban J connectivity index is 4.59. The SMILES string of the molecule is CC(C)CCCCCCCCCCCC(=O)O[C@H](COC(=O)CCCCCCCCCCC(C)C)COP(=O)(O)OC[C@@H](O)COP(=O)(O)O. The lowest BCUT2D eigenvalue weighted by Gasteiger charge is -2.20. The minimum absolute atomic E-state index is 0.135. The van der Waals surface area contributed by atoms with E-state index < -0.39 is 59.6 Å². The number of phosphoric acid groups is 2. The summed E-state index contributed by atoms with van der Waals surface area (Å²) in [4.78, 5) is 52.4. The minimum atomic E-state index is -4.85. The van der Waals surface area contributed by atoms with Crippen LogP contribution in [0, 0.1) is 11.8 Å². The Morgan fingerprint density at radius 1 is 0.520 bits per heavy atom. The highest BCUT2D eigenvalue weighted by Gasteiger charge is 2.28. The molecule has 0 aromatic rings. The average Bonchev–Trinajstić information content (AvgIpc) is 3.03. The van der Waals surface area contributed by atoms with E-state index in [1.807, 2.05) is 0 Å². The predicted octanol–water partition coefficient (Wildman–Crippen LogP) is 8.55. The predicted molar refractivity (Wildman–Crippen MR) is 193 cm³/mol. The zero-order valence-electron chi connectivity index (χ0n) is 31.3. The Morgan fingerprint density at radius 3 is 1.34 bits per heavy atom. The fourth-order valence-electron chi connectivity index (χ4n) is 5.19. The molecule has 50 heavy (non-hydrogen) atoms. The Morgan fingerprint density at radius 2 is 0.900 bits per heavy atom. The van der Waals surface area contributed by atoms with Crippen molar-refractivity contribution in [2.45, 2.75) is 175 Å². The van der Waals surface area contributed by atoms with Crippen molar-refractivity contribution >= 4 is 27.6 Å². The summed E-state index contributed by atoms with van der Waals surface area (Å²) in [7, 11) is -9.64. The van der Waals surface area contributed by atoms with Crippen LogP contribution in [0.1, 0.15) is 163 Å². The zero-order chi connectivity index (χ0) is 37.7. The third-order valence-electron chi connectivity index (χ3n) is 8.09. The molecule has 0 spiro atoms. The lowest BCUT2D eigenvalue weighted by molar-refractivity contribution is -0.161. The highest BCUT2D eigenvalue weighted by atomic mass is 31.2. The van der Waals surface area contributed by atoms with Crippen molar-refractivity contribution in [1.82, 2.24) is 0 Å². The highest BCUT2D eigenvalue weighted by Crippen LogP contribution is 2.43. The second kappa shape index (κ2) is 30.6. The molecule has 0 fully saturated rings. The number of hydrogen-bond acceptors (Lipinski definition) is 10. The van der Waals surface area contributed by atoms with Crippen LogP contribution in [0.15, 0.2) is 0 Å². The largest absolute Gasteiger partial charge is 0.472 e. The van der Waals surface area contributed by atoms with E-state index in [2.05, 4.69) is 36.7 Å². The molecule has 0 amide bonds. The van der Waals surface area contributed by atoms with Crippen LogP contribution in [0.4, 0.5) is 0 Å². The molecule has 15 heteroatoms. The van der Waals surface area contributed by atoms with Gasteiger partial charge in [-0.05, 0) is 24.7 Å². The molecule has 1 unspecified atom stereocenters. The van der Waals surface area contributed by atoms with E-state index in [0.29, 0.717) is 12.8 Å². The van der Waals surface area contributed by atoms with Crippen LogP contribution in [0.3, 0.4) is 0 Å². The van der Waals surface area contributed by atoms with E-state index in [0.717, 1.165) is 50.4 Å². The van der Waals surface area contributed by atoms with Crippen molar-refractivity contribution in [2.75, 3.05) is 26.4 Å². The lowest BCUT2D eigenvalue weighted by atomic mass is 10.0. The Labute approximate surface area is 301 Å².